The van der Waals surface area contributed by atoms with Crippen LogP contribution in [0.25, 0.3) is 11.1 Å². The van der Waals surface area contributed by atoms with E-state index in [4.69, 9.17) is 0 Å². The lowest BCUT2D eigenvalue weighted by atomic mass is 9.94. The van der Waals surface area contributed by atoms with Crippen LogP contribution in [0, 0.1) is 0 Å². The van der Waals surface area contributed by atoms with Gasteiger partial charge in [-0.25, -0.2) is 0 Å². The number of nitrogens with one attached hydrogen (secondary N) is 1. The van der Waals surface area contributed by atoms with Gasteiger partial charge in [-0.3, -0.25) is 19.2 Å². The molecule has 0 saturated heterocycles. The van der Waals surface area contributed by atoms with Gasteiger partial charge < -0.3 is 24.8 Å². The van der Waals surface area contributed by atoms with Gasteiger partial charge in [0.05, 0.1) is 18.7 Å². The summed E-state index contributed by atoms with van der Waals surface area (Å²) in [5, 5.41) is 12.9. The molecule has 4 rings (SSSR count). The zero-order valence-corrected chi connectivity index (χ0v) is 21.4. The normalized spacial score (nSPS) is 12.8. The Bertz CT molecular complexity index is 1460. The number of hydrogen-bond donors (Lipinski definition) is 2. The molecule has 0 spiro atoms. The van der Waals surface area contributed by atoms with Crippen LogP contribution in [-0.4, -0.2) is 47.9 Å². The summed E-state index contributed by atoms with van der Waals surface area (Å²) in [7, 11) is 5.47. The Morgan fingerprint density at radius 1 is 1.08 bits per heavy atom. The van der Waals surface area contributed by atoms with Crippen LogP contribution in [0.2, 0.25) is 0 Å². The van der Waals surface area contributed by atoms with Crippen molar-refractivity contribution in [2.24, 2.45) is 7.05 Å². The minimum atomic E-state index is -0.576. The van der Waals surface area contributed by atoms with Gasteiger partial charge in [0, 0.05) is 56.3 Å². The summed E-state index contributed by atoms with van der Waals surface area (Å²) < 4.78 is 1.33. The Hall–Kier alpha value is -4.24. The standard InChI is InChI=1S/C28H30N4O5/c1-17(34)12-26(35)29-24-14-19(15-31(4)28(24)37)21-6-5-7-25(23(21)16-33)32-11-10-18-13-20(30(2)3)8-9-22(18)27(32)36/h5-9,13-15,33H,10-12,16H2,1-4H3,(H,29,35). The highest BCUT2D eigenvalue weighted by atomic mass is 16.3. The molecule has 2 N–H and O–H groups in total. The summed E-state index contributed by atoms with van der Waals surface area (Å²) >= 11 is 0. The van der Waals surface area contributed by atoms with E-state index in [2.05, 4.69) is 5.32 Å². The number of aliphatic hydroxyl groups excluding tert-OH is 1. The van der Waals surface area contributed by atoms with E-state index >= 15 is 0 Å². The molecule has 1 aliphatic heterocycles. The highest BCUT2D eigenvalue weighted by Gasteiger charge is 2.28. The Labute approximate surface area is 214 Å². The average Bonchev–Trinajstić information content (AvgIpc) is 2.85. The number of anilines is 3. The van der Waals surface area contributed by atoms with Crippen molar-refractivity contribution >= 4 is 34.7 Å². The summed E-state index contributed by atoms with van der Waals surface area (Å²) in [5.74, 6) is -1.03. The number of aliphatic hydroxyl groups is 1. The first-order valence-corrected chi connectivity index (χ1v) is 12.0. The Kier molecular flexibility index (Phi) is 7.26. The Morgan fingerprint density at radius 3 is 2.51 bits per heavy atom. The number of carbonyl (C=O) groups excluding carboxylic acids is 3. The fourth-order valence-electron chi connectivity index (χ4n) is 4.62. The number of rotatable bonds is 7. The molecular weight excluding hydrogens is 472 g/mol. The van der Waals surface area contributed by atoms with Crippen molar-refractivity contribution in [3.05, 3.63) is 75.7 Å². The summed E-state index contributed by atoms with van der Waals surface area (Å²) in [4.78, 5) is 53.2. The number of amides is 2. The van der Waals surface area contributed by atoms with E-state index in [1.54, 1.807) is 36.3 Å². The first kappa shape index (κ1) is 25.8. The molecule has 0 saturated carbocycles. The predicted molar refractivity (Wildman–Crippen MR) is 143 cm³/mol. The van der Waals surface area contributed by atoms with Crippen LogP contribution in [0.15, 0.2) is 53.5 Å². The molecule has 37 heavy (non-hydrogen) atoms. The number of hydrogen-bond acceptors (Lipinski definition) is 6. The minimum Gasteiger partial charge on any atom is -0.392 e. The van der Waals surface area contributed by atoms with Crippen molar-refractivity contribution in [2.45, 2.75) is 26.4 Å². The number of benzene rings is 2. The first-order valence-electron chi connectivity index (χ1n) is 12.0. The zero-order valence-electron chi connectivity index (χ0n) is 21.4. The Morgan fingerprint density at radius 2 is 1.84 bits per heavy atom. The van der Waals surface area contributed by atoms with E-state index in [-0.39, 0.29) is 30.4 Å². The van der Waals surface area contributed by atoms with Crippen molar-refractivity contribution in [3.63, 3.8) is 0 Å². The number of fused-ring (bicyclic) bond motifs is 1. The maximum absolute atomic E-state index is 13.5. The molecule has 2 heterocycles. The summed E-state index contributed by atoms with van der Waals surface area (Å²) in [5.41, 5.74) is 4.56. The lowest BCUT2D eigenvalue weighted by Gasteiger charge is -2.31. The molecular formula is C28H30N4O5. The second-order valence-corrected chi connectivity index (χ2v) is 9.39. The second-order valence-electron chi connectivity index (χ2n) is 9.39. The molecule has 1 aliphatic rings. The lowest BCUT2D eigenvalue weighted by molar-refractivity contribution is -0.124. The van der Waals surface area contributed by atoms with Crippen molar-refractivity contribution in [3.8, 4) is 11.1 Å². The third-order valence-corrected chi connectivity index (χ3v) is 6.46. The third-order valence-electron chi connectivity index (χ3n) is 6.46. The number of nitrogens with zero attached hydrogens (tertiary/aromatic N) is 3. The smallest absolute Gasteiger partial charge is 0.274 e. The van der Waals surface area contributed by atoms with Crippen LogP contribution >= 0.6 is 0 Å². The summed E-state index contributed by atoms with van der Waals surface area (Å²) in [6, 6.07) is 12.7. The molecule has 0 radical (unpaired) electrons. The first-order chi connectivity index (χ1) is 17.6. The maximum Gasteiger partial charge on any atom is 0.274 e. The zero-order chi connectivity index (χ0) is 26.9. The van der Waals surface area contributed by atoms with Gasteiger partial charge in [-0.05, 0) is 54.8 Å². The monoisotopic (exact) mass is 502 g/mol. The van der Waals surface area contributed by atoms with Crippen molar-refractivity contribution in [2.75, 3.05) is 35.8 Å². The van der Waals surface area contributed by atoms with E-state index in [1.165, 1.54) is 17.6 Å². The average molecular weight is 503 g/mol. The number of pyridine rings is 1. The van der Waals surface area contributed by atoms with Crippen LogP contribution in [0.3, 0.4) is 0 Å². The van der Waals surface area contributed by atoms with Gasteiger partial charge in [0.1, 0.15) is 11.5 Å². The number of aryl methyl sites for hydroxylation is 1. The lowest BCUT2D eigenvalue weighted by Crippen LogP contribution is -2.38. The van der Waals surface area contributed by atoms with Gasteiger partial charge in [-0.2, -0.15) is 0 Å². The predicted octanol–water partition coefficient (Wildman–Crippen LogP) is 2.73. The summed E-state index contributed by atoms with van der Waals surface area (Å²) in [6.45, 7) is 1.42. The van der Waals surface area contributed by atoms with Crippen LogP contribution in [0.1, 0.15) is 34.8 Å². The molecule has 3 aromatic rings. The fourth-order valence-corrected chi connectivity index (χ4v) is 4.62. The van der Waals surface area contributed by atoms with E-state index in [9.17, 15) is 24.3 Å². The number of aromatic nitrogens is 1. The largest absolute Gasteiger partial charge is 0.392 e. The highest BCUT2D eigenvalue weighted by Crippen LogP contribution is 2.35. The Balaban J connectivity index is 1.74. The van der Waals surface area contributed by atoms with Crippen LogP contribution in [0.5, 0.6) is 0 Å². The summed E-state index contributed by atoms with van der Waals surface area (Å²) in [6.07, 6.45) is 1.95. The molecule has 192 valence electrons. The molecule has 2 amide bonds. The van der Waals surface area contributed by atoms with Gasteiger partial charge in [-0.15, -0.1) is 0 Å². The van der Waals surface area contributed by atoms with Gasteiger partial charge in [0.15, 0.2) is 0 Å². The van der Waals surface area contributed by atoms with E-state index in [1.807, 2.05) is 37.2 Å². The van der Waals surface area contributed by atoms with E-state index in [0.717, 1.165) is 11.3 Å². The molecule has 1 aromatic heterocycles. The van der Waals surface area contributed by atoms with Gasteiger partial charge in [-0.1, -0.05) is 12.1 Å². The number of Topliss-reactive ketones (excluding diaryl/α,β-unsaturated/α-hetero) is 1. The van der Waals surface area contributed by atoms with Crippen LogP contribution < -0.4 is 20.7 Å². The maximum atomic E-state index is 13.5. The quantitative estimate of drug-likeness (QED) is 0.481. The van der Waals surface area contributed by atoms with Gasteiger partial charge >= 0.3 is 0 Å². The number of ketones is 1. The molecule has 9 nitrogen and oxygen atoms in total. The topological polar surface area (TPSA) is 112 Å². The molecule has 2 aromatic carbocycles. The van der Waals surface area contributed by atoms with E-state index < -0.39 is 11.5 Å². The fraction of sp³-hybridized carbons (Fsp3) is 0.286. The van der Waals surface area contributed by atoms with Crippen molar-refractivity contribution in [1.82, 2.24) is 4.57 Å². The van der Waals surface area contributed by atoms with Gasteiger partial charge in [0.25, 0.3) is 11.5 Å². The van der Waals surface area contributed by atoms with Crippen LogP contribution in [-0.2, 0) is 29.7 Å². The molecule has 0 unspecified atom stereocenters. The molecule has 0 aliphatic carbocycles. The van der Waals surface area contributed by atoms with Crippen molar-refractivity contribution < 1.29 is 19.5 Å². The molecule has 9 heteroatoms. The van der Waals surface area contributed by atoms with Gasteiger partial charge in [0.2, 0.25) is 5.91 Å². The highest BCUT2D eigenvalue weighted by molar-refractivity contribution is 6.09. The SMILES string of the molecule is CC(=O)CC(=O)Nc1cc(-c2cccc(N3CCc4cc(N(C)C)ccc4C3=O)c2CO)cn(C)c1=O. The molecule has 0 fully saturated rings. The third kappa shape index (κ3) is 5.17. The van der Waals surface area contributed by atoms with Crippen molar-refractivity contribution in [1.29, 1.82) is 0 Å². The molecule has 0 bridgehead atoms. The second kappa shape index (κ2) is 10.4. The molecule has 0 atom stereocenters. The minimum absolute atomic E-state index is 0.0280. The van der Waals surface area contributed by atoms with Crippen LogP contribution in [0.4, 0.5) is 17.1 Å². The van der Waals surface area contributed by atoms with E-state index in [0.29, 0.717) is 40.9 Å². The number of carbonyl (C=O) groups is 3.